The predicted molar refractivity (Wildman–Crippen MR) is 134 cm³/mol. The molecule has 32 heavy (non-hydrogen) atoms. The third kappa shape index (κ3) is 3.36. The van der Waals surface area contributed by atoms with E-state index in [0.29, 0.717) is 5.41 Å². The van der Waals surface area contributed by atoms with Crippen molar-refractivity contribution < 1.29 is 0 Å². The zero-order chi connectivity index (χ0) is 21.9. The Morgan fingerprint density at radius 2 is 1.41 bits per heavy atom. The van der Waals surface area contributed by atoms with E-state index in [9.17, 15) is 0 Å². The minimum Gasteiger partial charge on any atom is -0.318 e. The molecule has 0 atom stereocenters. The Hall–Kier alpha value is -2.61. The Kier molecular flexibility index (Phi) is 4.68. The predicted octanol–water partition coefficient (Wildman–Crippen LogP) is 7.62. The van der Waals surface area contributed by atoms with Gasteiger partial charge in [0.15, 0.2) is 0 Å². The minimum absolute atomic E-state index is 0.468. The second-order valence-electron chi connectivity index (χ2n) is 11.0. The van der Waals surface area contributed by atoms with E-state index in [1.54, 1.807) is 5.56 Å². The molecule has 1 heterocycles. The van der Waals surface area contributed by atoms with Gasteiger partial charge in [-0.2, -0.15) is 0 Å². The minimum atomic E-state index is 0.468. The van der Waals surface area contributed by atoms with Crippen LogP contribution < -0.4 is 0 Å². The molecule has 4 saturated carbocycles. The fourth-order valence-corrected chi connectivity index (χ4v) is 7.52. The summed E-state index contributed by atoms with van der Waals surface area (Å²) in [6, 6.07) is 20.2. The van der Waals surface area contributed by atoms with Crippen molar-refractivity contribution in [2.45, 2.75) is 64.7 Å². The molecule has 0 unspecified atom stereocenters. The highest BCUT2D eigenvalue weighted by molar-refractivity contribution is 5.84. The van der Waals surface area contributed by atoms with Crippen LogP contribution in [-0.2, 0) is 5.41 Å². The van der Waals surface area contributed by atoms with Crippen LogP contribution in [0.5, 0.6) is 0 Å². The Labute approximate surface area is 192 Å². The lowest BCUT2D eigenvalue weighted by Crippen LogP contribution is -2.48. The number of aryl methyl sites for hydroxylation is 2. The lowest BCUT2D eigenvalue weighted by atomic mass is 9.48. The normalized spacial score (nSPS) is 28.7. The number of aliphatic imine (C=N–C) groups is 1. The number of benzene rings is 2. The molecular formula is C30H34N2. The van der Waals surface area contributed by atoms with Crippen LogP contribution in [0.4, 0.5) is 5.69 Å². The van der Waals surface area contributed by atoms with Gasteiger partial charge in [0, 0.05) is 28.9 Å². The van der Waals surface area contributed by atoms with Crippen LogP contribution in [0.25, 0.3) is 5.69 Å². The molecule has 4 aliphatic carbocycles. The van der Waals surface area contributed by atoms with Gasteiger partial charge in [0.05, 0.1) is 5.69 Å². The van der Waals surface area contributed by atoms with Gasteiger partial charge in [-0.25, -0.2) is 0 Å². The van der Waals surface area contributed by atoms with E-state index in [0.717, 1.165) is 23.4 Å². The zero-order valence-electron chi connectivity index (χ0n) is 19.6. The summed E-state index contributed by atoms with van der Waals surface area (Å²) in [6.07, 6.45) is 10.8. The van der Waals surface area contributed by atoms with Gasteiger partial charge in [0.25, 0.3) is 0 Å². The van der Waals surface area contributed by atoms with Crippen LogP contribution in [0.15, 0.2) is 59.6 Å². The molecule has 2 aromatic carbocycles. The first-order valence-corrected chi connectivity index (χ1v) is 12.4. The number of nitrogens with zero attached hydrogens (tertiary/aromatic N) is 2. The van der Waals surface area contributed by atoms with Crippen molar-refractivity contribution in [3.05, 3.63) is 82.7 Å². The molecule has 0 saturated heterocycles. The lowest BCUT2D eigenvalue weighted by molar-refractivity contribution is -0.00518. The number of aromatic nitrogens is 1. The van der Waals surface area contributed by atoms with Gasteiger partial charge in [-0.05, 0) is 118 Å². The van der Waals surface area contributed by atoms with Gasteiger partial charge in [0.2, 0.25) is 0 Å². The van der Waals surface area contributed by atoms with Gasteiger partial charge in [-0.15, -0.1) is 0 Å². The molecule has 0 radical (unpaired) electrons. The van der Waals surface area contributed by atoms with Crippen LogP contribution in [0.3, 0.4) is 0 Å². The Morgan fingerprint density at radius 1 is 0.812 bits per heavy atom. The van der Waals surface area contributed by atoms with Crippen molar-refractivity contribution in [2.24, 2.45) is 22.7 Å². The quantitative estimate of drug-likeness (QED) is 0.385. The Bertz CT molecular complexity index is 1130. The van der Waals surface area contributed by atoms with Crippen molar-refractivity contribution in [3.63, 3.8) is 0 Å². The summed E-state index contributed by atoms with van der Waals surface area (Å²) in [4.78, 5) is 4.85. The first-order chi connectivity index (χ1) is 15.5. The SMILES string of the molecule is Cc1ccc(-n2c(C)cc(C=Nc3ccc(C45CC6CC(CC(C6)C4)C5)cc3)c2C)cc1. The molecule has 2 nitrogen and oxygen atoms in total. The third-order valence-corrected chi connectivity index (χ3v) is 8.63. The van der Waals surface area contributed by atoms with Gasteiger partial charge in [-0.1, -0.05) is 29.8 Å². The highest BCUT2D eigenvalue weighted by Gasteiger charge is 2.51. The van der Waals surface area contributed by atoms with Crippen LogP contribution in [0, 0.1) is 38.5 Å². The molecule has 7 rings (SSSR count). The monoisotopic (exact) mass is 422 g/mol. The molecule has 4 fully saturated rings. The van der Waals surface area contributed by atoms with E-state index in [2.05, 4.69) is 79.9 Å². The summed E-state index contributed by atoms with van der Waals surface area (Å²) in [5.74, 6) is 2.97. The van der Waals surface area contributed by atoms with E-state index in [1.165, 1.54) is 66.7 Å². The number of hydrogen-bond donors (Lipinski definition) is 0. The fraction of sp³-hybridized carbons (Fsp3) is 0.433. The average Bonchev–Trinajstić information content (AvgIpc) is 3.05. The third-order valence-electron chi connectivity index (χ3n) is 8.63. The van der Waals surface area contributed by atoms with Crippen molar-refractivity contribution in [1.29, 1.82) is 0 Å². The van der Waals surface area contributed by atoms with E-state index in [1.807, 2.05) is 6.21 Å². The summed E-state index contributed by atoms with van der Waals surface area (Å²) in [5, 5.41) is 0. The van der Waals surface area contributed by atoms with Crippen molar-refractivity contribution in [3.8, 4) is 5.69 Å². The number of rotatable bonds is 4. The average molecular weight is 423 g/mol. The standard InChI is InChI=1S/C30H34N2/c1-20-4-10-29(11-5-20)32-21(2)12-26(22(32)3)19-31-28-8-6-27(7-9-28)30-16-23-13-24(17-30)15-25(14-23)18-30/h4-12,19,23-25H,13-18H2,1-3H3. The van der Waals surface area contributed by atoms with Crippen LogP contribution in [-0.4, -0.2) is 10.8 Å². The molecule has 0 amide bonds. The van der Waals surface area contributed by atoms with Gasteiger partial charge >= 0.3 is 0 Å². The van der Waals surface area contributed by atoms with E-state index >= 15 is 0 Å². The lowest BCUT2D eigenvalue weighted by Gasteiger charge is -2.57. The first-order valence-electron chi connectivity index (χ1n) is 12.4. The summed E-state index contributed by atoms with van der Waals surface area (Å²) >= 11 is 0. The summed E-state index contributed by atoms with van der Waals surface area (Å²) in [5.41, 5.74) is 9.26. The van der Waals surface area contributed by atoms with Crippen molar-refractivity contribution >= 4 is 11.9 Å². The smallest absolute Gasteiger partial charge is 0.0630 e. The molecule has 1 aromatic heterocycles. The highest BCUT2D eigenvalue weighted by Crippen LogP contribution is 2.60. The van der Waals surface area contributed by atoms with Crippen molar-refractivity contribution in [2.75, 3.05) is 0 Å². The molecule has 0 spiro atoms. The first kappa shape index (κ1) is 20.0. The molecule has 4 aliphatic rings. The van der Waals surface area contributed by atoms with E-state index in [-0.39, 0.29) is 0 Å². The Morgan fingerprint density at radius 3 is 2.00 bits per heavy atom. The maximum Gasteiger partial charge on any atom is 0.0630 e. The summed E-state index contributed by atoms with van der Waals surface area (Å²) in [6.45, 7) is 6.49. The topological polar surface area (TPSA) is 17.3 Å². The second-order valence-corrected chi connectivity index (χ2v) is 11.0. The molecule has 0 aliphatic heterocycles. The van der Waals surface area contributed by atoms with E-state index in [4.69, 9.17) is 4.99 Å². The van der Waals surface area contributed by atoms with Crippen LogP contribution in [0.2, 0.25) is 0 Å². The molecular weight excluding hydrogens is 388 g/mol. The van der Waals surface area contributed by atoms with Gasteiger partial charge in [0.1, 0.15) is 0 Å². The van der Waals surface area contributed by atoms with Crippen LogP contribution >= 0.6 is 0 Å². The molecule has 0 N–H and O–H groups in total. The molecule has 3 aromatic rings. The Balaban J connectivity index is 1.23. The largest absolute Gasteiger partial charge is 0.318 e. The molecule has 164 valence electrons. The zero-order valence-corrected chi connectivity index (χ0v) is 19.6. The maximum atomic E-state index is 4.85. The summed E-state index contributed by atoms with van der Waals surface area (Å²) < 4.78 is 2.32. The number of hydrogen-bond acceptors (Lipinski definition) is 1. The summed E-state index contributed by atoms with van der Waals surface area (Å²) in [7, 11) is 0. The highest BCUT2D eigenvalue weighted by atomic mass is 15.0. The van der Waals surface area contributed by atoms with Crippen LogP contribution in [0.1, 0.15) is 66.6 Å². The van der Waals surface area contributed by atoms with Crippen molar-refractivity contribution in [1.82, 2.24) is 4.57 Å². The maximum absolute atomic E-state index is 4.85. The fourth-order valence-electron chi connectivity index (χ4n) is 7.52. The van der Waals surface area contributed by atoms with Gasteiger partial charge < -0.3 is 4.57 Å². The van der Waals surface area contributed by atoms with Gasteiger partial charge in [-0.3, -0.25) is 4.99 Å². The van der Waals surface area contributed by atoms with E-state index < -0.39 is 0 Å². The molecule has 2 heteroatoms. The second kappa shape index (κ2) is 7.47. The molecule has 4 bridgehead atoms.